The van der Waals surface area contributed by atoms with E-state index in [2.05, 4.69) is 0 Å². The van der Waals surface area contributed by atoms with Crippen LogP contribution in [0, 0.1) is 11.8 Å². The molecule has 114 valence electrons. The Bertz CT molecular complexity index is 337. The van der Waals surface area contributed by atoms with E-state index in [1.54, 1.807) is 4.90 Å². The van der Waals surface area contributed by atoms with E-state index in [0.29, 0.717) is 19.4 Å². The van der Waals surface area contributed by atoms with E-state index in [1.807, 2.05) is 0 Å². The van der Waals surface area contributed by atoms with Crippen LogP contribution >= 0.6 is 0 Å². The van der Waals surface area contributed by atoms with Crippen molar-refractivity contribution in [1.82, 2.24) is 4.90 Å². The van der Waals surface area contributed by atoms with Crippen molar-refractivity contribution in [3.63, 3.8) is 0 Å². The topological polar surface area (TPSA) is 57.6 Å². The highest BCUT2D eigenvalue weighted by Gasteiger charge is 2.27. The maximum Gasteiger partial charge on any atom is 0.308 e. The summed E-state index contributed by atoms with van der Waals surface area (Å²) in [5, 5.41) is 9.05. The van der Waals surface area contributed by atoms with Crippen LogP contribution in [0.5, 0.6) is 0 Å². The van der Waals surface area contributed by atoms with Crippen molar-refractivity contribution in [2.75, 3.05) is 13.1 Å². The van der Waals surface area contributed by atoms with E-state index in [0.717, 1.165) is 25.3 Å². The van der Waals surface area contributed by atoms with Crippen molar-refractivity contribution in [1.29, 1.82) is 0 Å². The lowest BCUT2D eigenvalue weighted by atomic mass is 9.86. The Morgan fingerprint density at radius 1 is 1.05 bits per heavy atom. The minimum absolute atomic E-state index is 0.159. The van der Waals surface area contributed by atoms with Gasteiger partial charge in [0.05, 0.1) is 5.92 Å². The van der Waals surface area contributed by atoms with Gasteiger partial charge in [-0.1, -0.05) is 32.1 Å². The summed E-state index contributed by atoms with van der Waals surface area (Å²) in [6.45, 7) is 1.16. The molecule has 4 heteroatoms. The molecule has 1 aliphatic heterocycles. The zero-order chi connectivity index (χ0) is 14.4. The molecule has 1 saturated heterocycles. The molecule has 0 radical (unpaired) electrons. The van der Waals surface area contributed by atoms with Gasteiger partial charge in [-0.2, -0.15) is 0 Å². The second-order valence-corrected chi connectivity index (χ2v) is 6.41. The number of carboxylic acids is 1. The summed E-state index contributed by atoms with van der Waals surface area (Å²) in [4.78, 5) is 24.9. The summed E-state index contributed by atoms with van der Waals surface area (Å²) in [7, 11) is 0. The maximum absolute atomic E-state index is 12.1. The number of likely N-dealkylation sites (tertiary alicyclic amines) is 1. The second kappa shape index (κ2) is 7.65. The molecule has 4 nitrogen and oxygen atoms in total. The van der Waals surface area contributed by atoms with E-state index in [1.165, 1.54) is 38.5 Å². The van der Waals surface area contributed by atoms with E-state index in [4.69, 9.17) is 5.11 Å². The molecule has 1 aliphatic carbocycles. The number of carboxylic acid groups (broad SMARTS) is 1. The summed E-state index contributed by atoms with van der Waals surface area (Å²) in [6, 6.07) is 0. The lowest BCUT2D eigenvalue weighted by molar-refractivity contribution is -0.145. The van der Waals surface area contributed by atoms with Gasteiger partial charge in [0.25, 0.3) is 0 Å². The van der Waals surface area contributed by atoms with E-state index >= 15 is 0 Å². The van der Waals surface area contributed by atoms with Gasteiger partial charge in [0.2, 0.25) is 5.91 Å². The van der Waals surface area contributed by atoms with Crippen molar-refractivity contribution in [2.24, 2.45) is 11.8 Å². The van der Waals surface area contributed by atoms with E-state index in [9.17, 15) is 9.59 Å². The summed E-state index contributed by atoms with van der Waals surface area (Å²) < 4.78 is 0. The first-order chi connectivity index (χ1) is 9.66. The molecule has 0 aromatic rings. The van der Waals surface area contributed by atoms with Gasteiger partial charge in [-0.15, -0.1) is 0 Å². The van der Waals surface area contributed by atoms with Crippen LogP contribution in [0.25, 0.3) is 0 Å². The van der Waals surface area contributed by atoms with Crippen LogP contribution in [-0.2, 0) is 9.59 Å². The van der Waals surface area contributed by atoms with Crippen LogP contribution < -0.4 is 0 Å². The monoisotopic (exact) mass is 281 g/mol. The van der Waals surface area contributed by atoms with Gasteiger partial charge in [0.1, 0.15) is 0 Å². The number of piperidine rings is 1. The molecule has 1 N–H and O–H groups in total. The first-order valence-electron chi connectivity index (χ1n) is 8.17. The van der Waals surface area contributed by atoms with Crippen molar-refractivity contribution < 1.29 is 14.7 Å². The van der Waals surface area contributed by atoms with Crippen LogP contribution in [0.3, 0.4) is 0 Å². The van der Waals surface area contributed by atoms with Gasteiger partial charge in [-0.3, -0.25) is 9.59 Å². The first kappa shape index (κ1) is 15.3. The number of hydrogen-bond donors (Lipinski definition) is 1. The van der Waals surface area contributed by atoms with Gasteiger partial charge in [-0.05, 0) is 31.6 Å². The summed E-state index contributed by atoms with van der Waals surface area (Å²) in [6.07, 6.45) is 11.0. The number of nitrogens with zero attached hydrogens (tertiary/aromatic N) is 1. The SMILES string of the molecule is O=C(O)[C@@H]1CCCN(C(=O)CCCC2CCCCC2)C1. The van der Waals surface area contributed by atoms with Crippen LogP contribution in [-0.4, -0.2) is 35.0 Å². The lowest BCUT2D eigenvalue weighted by Gasteiger charge is -2.31. The normalized spacial score (nSPS) is 24.6. The Morgan fingerprint density at radius 3 is 2.50 bits per heavy atom. The molecule has 2 fully saturated rings. The smallest absolute Gasteiger partial charge is 0.308 e. The number of rotatable bonds is 5. The van der Waals surface area contributed by atoms with Crippen molar-refractivity contribution in [2.45, 2.75) is 64.2 Å². The average molecular weight is 281 g/mol. The number of hydrogen-bond acceptors (Lipinski definition) is 2. The zero-order valence-corrected chi connectivity index (χ0v) is 12.4. The summed E-state index contributed by atoms with van der Waals surface area (Å²) >= 11 is 0. The molecule has 20 heavy (non-hydrogen) atoms. The van der Waals surface area contributed by atoms with Crippen molar-refractivity contribution >= 4 is 11.9 Å². The molecular weight excluding hydrogens is 254 g/mol. The molecule has 1 saturated carbocycles. The molecule has 1 atom stereocenters. The third-order valence-electron chi connectivity index (χ3n) is 4.85. The Balaban J connectivity index is 1.67. The highest BCUT2D eigenvalue weighted by molar-refractivity contribution is 5.78. The van der Waals surface area contributed by atoms with Crippen molar-refractivity contribution in [3.8, 4) is 0 Å². The van der Waals surface area contributed by atoms with Gasteiger partial charge in [-0.25, -0.2) is 0 Å². The Hall–Kier alpha value is -1.06. The van der Waals surface area contributed by atoms with Crippen LogP contribution in [0.4, 0.5) is 0 Å². The molecular formula is C16H27NO3. The Morgan fingerprint density at radius 2 is 1.80 bits per heavy atom. The number of amides is 1. The largest absolute Gasteiger partial charge is 0.481 e. The highest BCUT2D eigenvalue weighted by Crippen LogP contribution is 2.28. The number of carbonyl (C=O) groups excluding carboxylic acids is 1. The van der Waals surface area contributed by atoms with Crippen molar-refractivity contribution in [3.05, 3.63) is 0 Å². The van der Waals surface area contributed by atoms with Crippen LogP contribution in [0.15, 0.2) is 0 Å². The summed E-state index contributed by atoms with van der Waals surface area (Å²) in [5.74, 6) is -0.132. The minimum atomic E-state index is -0.760. The molecule has 2 rings (SSSR count). The molecule has 1 amide bonds. The predicted octanol–water partition coefficient (Wildman–Crippen LogP) is 3.06. The quantitative estimate of drug-likeness (QED) is 0.842. The van der Waals surface area contributed by atoms with Gasteiger partial charge in [0.15, 0.2) is 0 Å². The third kappa shape index (κ3) is 4.50. The minimum Gasteiger partial charge on any atom is -0.481 e. The molecule has 0 spiro atoms. The van der Waals surface area contributed by atoms with Crippen LogP contribution in [0.1, 0.15) is 64.2 Å². The Kier molecular flexibility index (Phi) is 5.86. The van der Waals surface area contributed by atoms with E-state index < -0.39 is 5.97 Å². The fourth-order valence-electron chi connectivity index (χ4n) is 3.58. The number of carbonyl (C=O) groups is 2. The van der Waals surface area contributed by atoms with Gasteiger partial charge in [0, 0.05) is 19.5 Å². The van der Waals surface area contributed by atoms with Gasteiger partial charge < -0.3 is 10.0 Å². The molecule has 0 bridgehead atoms. The molecule has 0 aromatic heterocycles. The fourth-order valence-corrected chi connectivity index (χ4v) is 3.58. The molecule has 2 aliphatic rings. The molecule has 0 aromatic carbocycles. The molecule has 1 heterocycles. The fraction of sp³-hybridized carbons (Fsp3) is 0.875. The highest BCUT2D eigenvalue weighted by atomic mass is 16.4. The van der Waals surface area contributed by atoms with Gasteiger partial charge >= 0.3 is 5.97 Å². The lowest BCUT2D eigenvalue weighted by Crippen LogP contribution is -2.42. The standard InChI is InChI=1S/C16H27NO3/c18-15(10-4-8-13-6-2-1-3-7-13)17-11-5-9-14(12-17)16(19)20/h13-14H,1-12H2,(H,19,20)/t14-/m1/s1. The number of aliphatic carboxylic acids is 1. The summed E-state index contributed by atoms with van der Waals surface area (Å²) in [5.41, 5.74) is 0. The maximum atomic E-state index is 12.1. The average Bonchev–Trinajstić information content (AvgIpc) is 2.48. The first-order valence-corrected chi connectivity index (χ1v) is 8.17. The third-order valence-corrected chi connectivity index (χ3v) is 4.85. The van der Waals surface area contributed by atoms with Crippen LogP contribution in [0.2, 0.25) is 0 Å². The Labute approximate surface area is 121 Å². The molecule has 0 unspecified atom stereocenters. The predicted molar refractivity (Wildman–Crippen MR) is 77.4 cm³/mol. The zero-order valence-electron chi connectivity index (χ0n) is 12.4. The second-order valence-electron chi connectivity index (χ2n) is 6.41. The van der Waals surface area contributed by atoms with E-state index in [-0.39, 0.29) is 11.8 Å².